The molecule has 0 aliphatic heterocycles. The van der Waals surface area contributed by atoms with Crippen LogP contribution >= 0.6 is 0 Å². The molecule has 1 aromatic carbocycles. The highest BCUT2D eigenvalue weighted by Gasteiger charge is 2.14. The molecule has 3 nitrogen and oxygen atoms in total. The summed E-state index contributed by atoms with van der Waals surface area (Å²) >= 11 is 0. The summed E-state index contributed by atoms with van der Waals surface area (Å²) in [4.78, 5) is 14.3. The molecule has 0 radical (unpaired) electrons. The minimum atomic E-state index is -0.769. The molecule has 2 aromatic rings. The average Bonchev–Trinajstić information content (AvgIpc) is 2.81. The minimum absolute atomic E-state index is 0.141. The number of nitrogens with one attached hydrogen (secondary N) is 1. The number of hydrogen-bond donors (Lipinski definition) is 2. The van der Waals surface area contributed by atoms with Crippen LogP contribution in [0, 0.1) is 0 Å². The monoisotopic (exact) mass is 267 g/mol. The van der Waals surface area contributed by atoms with Gasteiger partial charge in [-0.15, -0.1) is 0 Å². The maximum atomic E-state index is 10.9. The van der Waals surface area contributed by atoms with Gasteiger partial charge in [0.05, 0.1) is 0 Å². The highest BCUT2D eigenvalue weighted by atomic mass is 16.4. The number of para-hydroxylation sites is 1. The maximum absolute atomic E-state index is 10.9. The van der Waals surface area contributed by atoms with Crippen LogP contribution in [0.2, 0.25) is 0 Å². The van der Waals surface area contributed by atoms with E-state index >= 15 is 0 Å². The van der Waals surface area contributed by atoms with Gasteiger partial charge in [-0.1, -0.05) is 36.4 Å². The summed E-state index contributed by atoms with van der Waals surface area (Å²) in [5.41, 5.74) is 4.23. The summed E-state index contributed by atoms with van der Waals surface area (Å²) in [5.74, 6) is -0.769. The molecule has 0 spiro atoms. The average molecular weight is 267 g/mol. The van der Waals surface area contributed by atoms with Crippen molar-refractivity contribution < 1.29 is 9.90 Å². The van der Waals surface area contributed by atoms with Crippen LogP contribution in [-0.2, 0) is 6.32 Å². The molecular weight excluding hydrogens is 249 g/mol. The molecule has 102 valence electrons. The Hall–Kier alpha value is -2.23. The predicted octanol–water partition coefficient (Wildman–Crippen LogP) is 3.76. The fraction of sp³-hybridized carbons (Fsp3) is 0.188. The van der Waals surface area contributed by atoms with Gasteiger partial charge in [-0.3, -0.25) is 4.79 Å². The molecule has 0 aliphatic carbocycles. The smallest absolute Gasteiger partial charge is 0.264 e. The molecular formula is C16H18BNO2. The second-order valence-corrected chi connectivity index (χ2v) is 4.66. The van der Waals surface area contributed by atoms with Gasteiger partial charge in [0, 0.05) is 16.6 Å². The number of fused-ring (bicyclic) bond motifs is 1. The molecule has 2 rings (SSSR count). The van der Waals surface area contributed by atoms with E-state index in [-0.39, 0.29) is 7.28 Å². The van der Waals surface area contributed by atoms with E-state index in [2.05, 4.69) is 4.98 Å². The summed E-state index contributed by atoms with van der Waals surface area (Å²) < 4.78 is 0. The molecule has 2 N–H and O–H groups in total. The van der Waals surface area contributed by atoms with Crippen molar-refractivity contribution in [2.75, 3.05) is 0 Å². The van der Waals surface area contributed by atoms with E-state index in [4.69, 9.17) is 5.11 Å². The zero-order valence-corrected chi connectivity index (χ0v) is 11.8. The van der Waals surface area contributed by atoms with Gasteiger partial charge in [-0.05, 0) is 37.4 Å². The fourth-order valence-corrected chi connectivity index (χ4v) is 2.44. The Morgan fingerprint density at radius 3 is 2.75 bits per heavy atom. The third-order valence-corrected chi connectivity index (χ3v) is 3.35. The number of carboxylic acid groups (broad SMARTS) is 1. The molecule has 0 saturated carbocycles. The Morgan fingerprint density at radius 2 is 2.10 bits per heavy atom. The number of carbonyl (C=O) groups is 1. The van der Waals surface area contributed by atoms with Crippen LogP contribution in [0.25, 0.3) is 16.5 Å². The van der Waals surface area contributed by atoms with Crippen molar-refractivity contribution in [3.05, 3.63) is 53.8 Å². The van der Waals surface area contributed by atoms with Crippen LogP contribution in [0.3, 0.4) is 0 Å². The molecule has 20 heavy (non-hydrogen) atoms. The highest BCUT2D eigenvalue weighted by Crippen LogP contribution is 2.28. The van der Waals surface area contributed by atoms with Crippen molar-refractivity contribution in [1.29, 1.82) is 0 Å². The lowest BCUT2D eigenvalue weighted by Crippen LogP contribution is -2.09. The van der Waals surface area contributed by atoms with Gasteiger partial charge in [0.25, 0.3) is 7.28 Å². The normalized spacial score (nSPS) is 12.2. The number of allylic oxidation sites excluding steroid dienone is 4. The van der Waals surface area contributed by atoms with Crippen molar-refractivity contribution >= 4 is 29.6 Å². The molecule has 0 bridgehead atoms. The first kappa shape index (κ1) is 14.2. The van der Waals surface area contributed by atoms with E-state index in [0.29, 0.717) is 6.32 Å². The van der Waals surface area contributed by atoms with Gasteiger partial charge in [0.2, 0.25) is 5.87 Å². The van der Waals surface area contributed by atoms with Crippen LogP contribution in [-0.4, -0.2) is 23.2 Å². The largest absolute Gasteiger partial charge is 0.489 e. The van der Waals surface area contributed by atoms with Crippen molar-refractivity contribution in [1.82, 2.24) is 4.98 Å². The summed E-state index contributed by atoms with van der Waals surface area (Å²) in [6.45, 7) is 3.96. The van der Waals surface area contributed by atoms with Gasteiger partial charge in [-0.25, -0.2) is 0 Å². The van der Waals surface area contributed by atoms with Crippen LogP contribution in [0.15, 0.2) is 42.5 Å². The van der Waals surface area contributed by atoms with Crippen molar-refractivity contribution in [2.24, 2.45) is 0 Å². The zero-order valence-electron chi connectivity index (χ0n) is 11.8. The number of rotatable bonds is 5. The molecule has 0 atom stereocenters. The first-order chi connectivity index (χ1) is 9.67. The first-order valence-electron chi connectivity index (χ1n) is 6.78. The van der Waals surface area contributed by atoms with Gasteiger partial charge < -0.3 is 10.1 Å². The second kappa shape index (κ2) is 6.28. The Bertz CT molecular complexity index is 683. The number of benzene rings is 1. The van der Waals surface area contributed by atoms with E-state index in [1.807, 2.05) is 56.3 Å². The third kappa shape index (κ3) is 2.85. The summed E-state index contributed by atoms with van der Waals surface area (Å²) in [5, 5.41) is 10.0. The van der Waals surface area contributed by atoms with Crippen LogP contribution in [0.5, 0.6) is 0 Å². The third-order valence-electron chi connectivity index (χ3n) is 3.35. The molecule has 0 fully saturated rings. The molecule has 1 heterocycles. The minimum Gasteiger partial charge on any atom is -0.489 e. The topological polar surface area (TPSA) is 53.1 Å². The summed E-state index contributed by atoms with van der Waals surface area (Å²) in [7, 11) is 0.141. The quantitative estimate of drug-likeness (QED) is 0.640. The second-order valence-electron chi connectivity index (χ2n) is 4.66. The number of H-pyrrole nitrogens is 1. The Balaban J connectivity index is 2.57. The fourth-order valence-electron chi connectivity index (χ4n) is 2.44. The van der Waals surface area contributed by atoms with Crippen LogP contribution in [0.1, 0.15) is 25.1 Å². The first-order valence-corrected chi connectivity index (χ1v) is 6.78. The van der Waals surface area contributed by atoms with E-state index in [1.165, 1.54) is 0 Å². The molecule has 0 saturated heterocycles. The standard InChI is InChI=1S/C16H18BNO2/c1-3-7-11(4-2)15-13(10-17-16(19)20)12-8-5-6-9-14(12)18-15/h3-9,17-18H,10H2,1-2H3,(H,19,20)/b7-3-,11-4+. The maximum Gasteiger partial charge on any atom is 0.264 e. The Kier molecular flexibility index (Phi) is 4.46. The van der Waals surface area contributed by atoms with Crippen LogP contribution in [0.4, 0.5) is 4.79 Å². The van der Waals surface area contributed by atoms with E-state index in [9.17, 15) is 4.79 Å². The lowest BCUT2D eigenvalue weighted by atomic mass is 9.71. The molecule has 0 aliphatic rings. The molecule has 1 aromatic heterocycles. The molecule has 4 heteroatoms. The summed E-state index contributed by atoms with van der Waals surface area (Å²) in [6.07, 6.45) is 6.59. The number of aromatic nitrogens is 1. The highest BCUT2D eigenvalue weighted by molar-refractivity contribution is 6.71. The SMILES string of the molecule is C/C=C\C(=C/C)c1[nH]c2ccccc2c1CBC(=O)O. The van der Waals surface area contributed by atoms with Crippen molar-refractivity contribution in [3.63, 3.8) is 0 Å². The van der Waals surface area contributed by atoms with Crippen molar-refractivity contribution in [3.8, 4) is 0 Å². The van der Waals surface area contributed by atoms with Gasteiger partial charge in [-0.2, -0.15) is 0 Å². The zero-order chi connectivity index (χ0) is 14.5. The lowest BCUT2D eigenvalue weighted by molar-refractivity contribution is 0.219. The van der Waals surface area contributed by atoms with E-state index in [0.717, 1.165) is 27.7 Å². The lowest BCUT2D eigenvalue weighted by Gasteiger charge is -2.04. The van der Waals surface area contributed by atoms with Gasteiger partial charge >= 0.3 is 0 Å². The van der Waals surface area contributed by atoms with Crippen molar-refractivity contribution in [2.45, 2.75) is 20.2 Å². The summed E-state index contributed by atoms with van der Waals surface area (Å²) in [6, 6.07) is 8.02. The van der Waals surface area contributed by atoms with E-state index in [1.54, 1.807) is 0 Å². The molecule has 0 amide bonds. The number of hydrogen-bond acceptors (Lipinski definition) is 1. The van der Waals surface area contributed by atoms with Crippen LogP contribution < -0.4 is 0 Å². The Morgan fingerprint density at radius 1 is 1.35 bits per heavy atom. The Labute approximate surface area is 119 Å². The number of aromatic amines is 1. The molecule has 0 unspecified atom stereocenters. The van der Waals surface area contributed by atoms with E-state index < -0.39 is 5.87 Å². The predicted molar refractivity (Wildman–Crippen MR) is 85.6 cm³/mol. The van der Waals surface area contributed by atoms with Gasteiger partial charge in [0.1, 0.15) is 0 Å². The van der Waals surface area contributed by atoms with Gasteiger partial charge in [0.15, 0.2) is 0 Å².